The van der Waals surface area contributed by atoms with Crippen LogP contribution in [-0.4, -0.2) is 30.2 Å². The largest absolute Gasteiger partial charge is 0.478 e. The van der Waals surface area contributed by atoms with Crippen molar-refractivity contribution >= 4 is 15.8 Å². The van der Waals surface area contributed by atoms with Gasteiger partial charge in [0.1, 0.15) is 5.82 Å². The van der Waals surface area contributed by atoms with E-state index in [0.717, 1.165) is 23.8 Å². The van der Waals surface area contributed by atoms with E-state index in [1.807, 2.05) is 0 Å². The highest BCUT2D eigenvalue weighted by Gasteiger charge is 2.19. The molecule has 1 N–H and O–H groups in total. The van der Waals surface area contributed by atoms with Crippen LogP contribution >= 0.6 is 0 Å². The lowest BCUT2D eigenvalue weighted by molar-refractivity contribution is 0.0691. The Hall–Kier alpha value is -2.28. The van der Waals surface area contributed by atoms with Crippen LogP contribution in [0.25, 0.3) is 0 Å². The van der Waals surface area contributed by atoms with Crippen molar-refractivity contribution in [3.05, 3.63) is 59.7 Å². The third-order valence-electron chi connectivity index (χ3n) is 2.94. The molecule has 0 radical (unpaired) electrons. The first-order chi connectivity index (χ1) is 9.90. The quantitative estimate of drug-likeness (QED) is 0.853. The van der Waals surface area contributed by atoms with Crippen LogP contribution in [0.5, 0.6) is 0 Å². The molecule has 0 bridgehead atoms. The van der Waals surface area contributed by atoms with Gasteiger partial charge in [0.15, 0.2) is 9.84 Å². The smallest absolute Gasteiger partial charge is 0.338 e. The Labute approximate surface area is 121 Å². The SMILES string of the molecule is O=C(O)c1cc(S(=O)(=O)CCc2ccncc2)ccc1F. The Morgan fingerprint density at radius 1 is 1.19 bits per heavy atom. The highest BCUT2D eigenvalue weighted by atomic mass is 32.2. The number of sulfone groups is 1. The van der Waals surface area contributed by atoms with Crippen molar-refractivity contribution in [2.45, 2.75) is 11.3 Å². The summed E-state index contributed by atoms with van der Waals surface area (Å²) in [5.74, 6) is -2.66. The molecule has 1 heterocycles. The van der Waals surface area contributed by atoms with Gasteiger partial charge in [0.25, 0.3) is 0 Å². The molecular weight excluding hydrogens is 297 g/mol. The van der Waals surface area contributed by atoms with E-state index in [2.05, 4.69) is 4.98 Å². The number of hydrogen-bond donors (Lipinski definition) is 1. The van der Waals surface area contributed by atoms with Gasteiger partial charge < -0.3 is 5.11 Å². The standard InChI is InChI=1S/C14H12FNO4S/c15-13-2-1-11(9-12(13)14(17)18)21(19,20)8-5-10-3-6-16-7-4-10/h1-4,6-7,9H,5,8H2,(H,17,18). The van der Waals surface area contributed by atoms with E-state index < -0.39 is 27.2 Å². The van der Waals surface area contributed by atoms with Crippen LogP contribution in [0.2, 0.25) is 0 Å². The second-order valence-electron chi connectivity index (χ2n) is 4.37. The molecule has 0 unspecified atom stereocenters. The van der Waals surface area contributed by atoms with Crippen LogP contribution in [0.3, 0.4) is 0 Å². The molecule has 0 spiro atoms. The summed E-state index contributed by atoms with van der Waals surface area (Å²) in [6.07, 6.45) is 3.38. The lowest BCUT2D eigenvalue weighted by Crippen LogP contribution is -2.11. The summed E-state index contributed by atoms with van der Waals surface area (Å²) in [4.78, 5) is 14.5. The molecule has 0 amide bonds. The zero-order chi connectivity index (χ0) is 15.5. The first-order valence-corrected chi connectivity index (χ1v) is 7.70. The Morgan fingerprint density at radius 3 is 2.48 bits per heavy atom. The second-order valence-corrected chi connectivity index (χ2v) is 6.48. The average molecular weight is 309 g/mol. The van der Waals surface area contributed by atoms with Gasteiger partial charge in [-0.1, -0.05) is 0 Å². The van der Waals surface area contributed by atoms with Crippen LogP contribution in [0.1, 0.15) is 15.9 Å². The van der Waals surface area contributed by atoms with Crippen molar-refractivity contribution in [2.75, 3.05) is 5.75 Å². The molecule has 0 aliphatic carbocycles. The number of aryl methyl sites for hydroxylation is 1. The molecular formula is C14H12FNO4S. The third-order valence-corrected chi connectivity index (χ3v) is 4.65. The maximum atomic E-state index is 13.3. The molecule has 1 aromatic heterocycles. The molecule has 7 heteroatoms. The van der Waals surface area contributed by atoms with Gasteiger partial charge in [-0.3, -0.25) is 4.98 Å². The number of carboxylic acids is 1. The molecule has 21 heavy (non-hydrogen) atoms. The van der Waals surface area contributed by atoms with E-state index in [1.165, 1.54) is 0 Å². The summed E-state index contributed by atoms with van der Waals surface area (Å²) in [6, 6.07) is 6.16. The Balaban J connectivity index is 2.24. The fourth-order valence-electron chi connectivity index (χ4n) is 1.78. The summed E-state index contributed by atoms with van der Waals surface area (Å²) in [5.41, 5.74) is 0.147. The number of halogens is 1. The van der Waals surface area contributed by atoms with Crippen molar-refractivity contribution in [1.82, 2.24) is 4.98 Å². The predicted molar refractivity (Wildman–Crippen MR) is 73.4 cm³/mol. The van der Waals surface area contributed by atoms with Crippen molar-refractivity contribution in [3.63, 3.8) is 0 Å². The molecule has 0 aliphatic heterocycles. The minimum Gasteiger partial charge on any atom is -0.478 e. The number of pyridine rings is 1. The van der Waals surface area contributed by atoms with E-state index >= 15 is 0 Å². The molecule has 110 valence electrons. The summed E-state index contributed by atoms with van der Waals surface area (Å²) in [5, 5.41) is 8.82. The molecule has 2 aromatic rings. The van der Waals surface area contributed by atoms with Crippen LogP contribution in [0, 0.1) is 5.82 Å². The van der Waals surface area contributed by atoms with E-state index in [0.29, 0.717) is 0 Å². The van der Waals surface area contributed by atoms with Gasteiger partial charge in [-0.2, -0.15) is 0 Å². The van der Waals surface area contributed by atoms with Crippen LogP contribution in [0.4, 0.5) is 4.39 Å². The molecule has 0 fully saturated rings. The highest BCUT2D eigenvalue weighted by molar-refractivity contribution is 7.91. The lowest BCUT2D eigenvalue weighted by Gasteiger charge is -2.06. The zero-order valence-electron chi connectivity index (χ0n) is 10.9. The van der Waals surface area contributed by atoms with Gasteiger partial charge in [0.2, 0.25) is 0 Å². The number of rotatable bonds is 5. The monoisotopic (exact) mass is 309 g/mol. The number of nitrogens with zero attached hydrogens (tertiary/aromatic N) is 1. The Morgan fingerprint density at radius 2 is 1.86 bits per heavy atom. The number of hydrogen-bond acceptors (Lipinski definition) is 4. The predicted octanol–water partition coefficient (Wildman–Crippen LogP) is 1.94. The minimum atomic E-state index is -3.68. The number of benzene rings is 1. The normalized spacial score (nSPS) is 11.3. The van der Waals surface area contributed by atoms with Gasteiger partial charge >= 0.3 is 5.97 Å². The van der Waals surface area contributed by atoms with Crippen molar-refractivity contribution in [1.29, 1.82) is 0 Å². The number of aromatic nitrogens is 1. The van der Waals surface area contributed by atoms with Crippen molar-refractivity contribution in [3.8, 4) is 0 Å². The van der Waals surface area contributed by atoms with E-state index in [9.17, 15) is 17.6 Å². The maximum absolute atomic E-state index is 13.3. The Kier molecular flexibility index (Phi) is 4.32. The molecule has 0 saturated carbocycles. The first kappa shape index (κ1) is 15.1. The van der Waals surface area contributed by atoms with Gasteiger partial charge in [-0.15, -0.1) is 0 Å². The summed E-state index contributed by atoms with van der Waals surface area (Å²) >= 11 is 0. The summed E-state index contributed by atoms with van der Waals surface area (Å²) < 4.78 is 37.6. The minimum absolute atomic E-state index is 0.193. The number of carbonyl (C=O) groups is 1. The van der Waals surface area contributed by atoms with Crippen molar-refractivity contribution in [2.24, 2.45) is 0 Å². The molecule has 2 rings (SSSR count). The third kappa shape index (κ3) is 3.63. The molecule has 5 nitrogen and oxygen atoms in total. The zero-order valence-corrected chi connectivity index (χ0v) is 11.7. The summed E-state index contributed by atoms with van der Waals surface area (Å²) in [6.45, 7) is 0. The molecule has 1 aromatic carbocycles. The topological polar surface area (TPSA) is 84.3 Å². The van der Waals surface area contributed by atoms with Crippen LogP contribution in [-0.2, 0) is 16.3 Å². The van der Waals surface area contributed by atoms with Crippen LogP contribution < -0.4 is 0 Å². The van der Waals surface area contributed by atoms with Gasteiger partial charge in [-0.25, -0.2) is 17.6 Å². The highest BCUT2D eigenvalue weighted by Crippen LogP contribution is 2.17. The summed E-state index contributed by atoms with van der Waals surface area (Å²) in [7, 11) is -3.68. The Bertz CT molecular complexity index is 760. The van der Waals surface area contributed by atoms with Crippen molar-refractivity contribution < 1.29 is 22.7 Å². The molecule has 0 saturated heterocycles. The second kappa shape index (κ2) is 6.01. The van der Waals surface area contributed by atoms with E-state index in [1.54, 1.807) is 24.5 Å². The van der Waals surface area contributed by atoms with E-state index in [4.69, 9.17) is 5.11 Å². The molecule has 0 atom stereocenters. The maximum Gasteiger partial charge on any atom is 0.338 e. The average Bonchev–Trinajstić information content (AvgIpc) is 2.46. The van der Waals surface area contributed by atoms with Gasteiger partial charge in [0.05, 0.1) is 16.2 Å². The van der Waals surface area contributed by atoms with E-state index in [-0.39, 0.29) is 17.1 Å². The van der Waals surface area contributed by atoms with Gasteiger partial charge in [0, 0.05) is 12.4 Å². The lowest BCUT2D eigenvalue weighted by atomic mass is 10.2. The number of aromatic carboxylic acids is 1. The molecule has 0 aliphatic rings. The first-order valence-electron chi connectivity index (χ1n) is 6.04. The number of carboxylic acid groups (broad SMARTS) is 1. The fraction of sp³-hybridized carbons (Fsp3) is 0.143. The fourth-order valence-corrected chi connectivity index (χ4v) is 3.09. The van der Waals surface area contributed by atoms with Crippen LogP contribution in [0.15, 0.2) is 47.6 Å². The van der Waals surface area contributed by atoms with Gasteiger partial charge in [-0.05, 0) is 42.3 Å².